The van der Waals surface area contributed by atoms with Gasteiger partial charge >= 0.3 is 0 Å². The van der Waals surface area contributed by atoms with E-state index >= 15 is 0 Å². The number of carbonyl (C=O) groups is 1. The van der Waals surface area contributed by atoms with E-state index in [0.29, 0.717) is 31.0 Å². The van der Waals surface area contributed by atoms with E-state index < -0.39 is 0 Å². The Morgan fingerprint density at radius 2 is 2.11 bits per heavy atom. The first-order chi connectivity index (χ1) is 13.2. The molecular formula is C19H19N5O3. The van der Waals surface area contributed by atoms with Gasteiger partial charge in [0.05, 0.1) is 30.5 Å². The topological polar surface area (TPSA) is 103 Å². The van der Waals surface area contributed by atoms with Gasteiger partial charge in [0, 0.05) is 48.8 Å². The van der Waals surface area contributed by atoms with Gasteiger partial charge in [-0.2, -0.15) is 0 Å². The van der Waals surface area contributed by atoms with Gasteiger partial charge in [-0.15, -0.1) is 0 Å². The maximum absolute atomic E-state index is 12.6. The average Bonchev–Trinajstić information content (AvgIpc) is 3.31. The van der Waals surface area contributed by atoms with Crippen LogP contribution in [0, 0.1) is 12.8 Å². The molecule has 1 aliphatic rings. The third-order valence-electron chi connectivity index (χ3n) is 4.49. The van der Waals surface area contributed by atoms with E-state index in [1.54, 1.807) is 12.4 Å². The Balaban J connectivity index is 1.40. The summed E-state index contributed by atoms with van der Waals surface area (Å²) in [6.45, 7) is 2.92. The van der Waals surface area contributed by atoms with E-state index in [2.05, 4.69) is 25.4 Å². The number of pyridine rings is 1. The van der Waals surface area contributed by atoms with E-state index in [1.807, 2.05) is 25.1 Å². The Kier molecular flexibility index (Phi) is 4.88. The normalized spacial score (nSPS) is 19.1. The molecule has 1 amide bonds. The van der Waals surface area contributed by atoms with Crippen molar-refractivity contribution in [2.45, 2.75) is 19.4 Å². The molecule has 1 saturated heterocycles. The predicted molar refractivity (Wildman–Crippen MR) is 95.8 cm³/mol. The summed E-state index contributed by atoms with van der Waals surface area (Å²) in [5.74, 6) is 1.24. The van der Waals surface area contributed by atoms with Crippen molar-refractivity contribution in [2.75, 3.05) is 13.2 Å². The zero-order chi connectivity index (χ0) is 18.6. The van der Waals surface area contributed by atoms with Gasteiger partial charge in [-0.05, 0) is 19.1 Å². The SMILES string of the molecule is Cc1cc(C[C@@H]2COC[C@@H]2NC(=O)c2cnc(-c3cccnc3)nc2)on1. The molecule has 0 radical (unpaired) electrons. The van der Waals surface area contributed by atoms with Crippen LogP contribution in [0.1, 0.15) is 21.8 Å². The number of hydrogen-bond donors (Lipinski definition) is 1. The molecule has 0 unspecified atom stereocenters. The van der Waals surface area contributed by atoms with E-state index in [0.717, 1.165) is 17.0 Å². The summed E-state index contributed by atoms with van der Waals surface area (Å²) < 4.78 is 10.8. The van der Waals surface area contributed by atoms with Gasteiger partial charge in [-0.3, -0.25) is 9.78 Å². The summed E-state index contributed by atoms with van der Waals surface area (Å²) in [5.41, 5.74) is 2.05. The van der Waals surface area contributed by atoms with Crippen molar-refractivity contribution < 1.29 is 14.1 Å². The molecule has 0 aromatic carbocycles. The Bertz CT molecular complexity index is 911. The molecule has 1 N–H and O–H groups in total. The van der Waals surface area contributed by atoms with Crippen molar-refractivity contribution in [1.82, 2.24) is 25.4 Å². The molecule has 8 heteroatoms. The van der Waals surface area contributed by atoms with Crippen molar-refractivity contribution in [3.8, 4) is 11.4 Å². The molecule has 0 spiro atoms. The molecule has 8 nitrogen and oxygen atoms in total. The van der Waals surface area contributed by atoms with Gasteiger partial charge in [-0.25, -0.2) is 9.97 Å². The van der Waals surface area contributed by atoms with Crippen LogP contribution in [-0.2, 0) is 11.2 Å². The summed E-state index contributed by atoms with van der Waals surface area (Å²) in [6.07, 6.45) is 7.08. The van der Waals surface area contributed by atoms with Crippen LogP contribution in [-0.4, -0.2) is 45.3 Å². The third kappa shape index (κ3) is 4.01. The van der Waals surface area contributed by atoms with Gasteiger partial charge in [0.2, 0.25) is 0 Å². The van der Waals surface area contributed by atoms with Crippen molar-refractivity contribution >= 4 is 5.91 Å². The highest BCUT2D eigenvalue weighted by Crippen LogP contribution is 2.20. The van der Waals surface area contributed by atoms with Crippen molar-refractivity contribution in [1.29, 1.82) is 0 Å². The first-order valence-electron chi connectivity index (χ1n) is 8.72. The molecule has 4 rings (SSSR count). The Morgan fingerprint density at radius 1 is 1.26 bits per heavy atom. The highest BCUT2D eigenvalue weighted by Gasteiger charge is 2.31. The minimum atomic E-state index is -0.220. The second kappa shape index (κ2) is 7.63. The zero-order valence-electron chi connectivity index (χ0n) is 14.8. The first kappa shape index (κ1) is 17.3. The second-order valence-corrected chi connectivity index (χ2v) is 6.55. The lowest BCUT2D eigenvalue weighted by atomic mass is 9.98. The molecule has 27 heavy (non-hydrogen) atoms. The molecule has 1 aliphatic heterocycles. The number of amides is 1. The Labute approximate surface area is 156 Å². The minimum Gasteiger partial charge on any atom is -0.379 e. The van der Waals surface area contributed by atoms with Gasteiger partial charge in [0.1, 0.15) is 5.76 Å². The van der Waals surface area contributed by atoms with Crippen molar-refractivity contribution in [3.63, 3.8) is 0 Å². The Morgan fingerprint density at radius 3 is 2.81 bits per heavy atom. The van der Waals surface area contributed by atoms with Crippen LogP contribution in [0.15, 0.2) is 47.5 Å². The van der Waals surface area contributed by atoms with Gasteiger partial charge in [0.25, 0.3) is 5.91 Å². The molecule has 3 aromatic heterocycles. The van der Waals surface area contributed by atoms with Crippen LogP contribution in [0.5, 0.6) is 0 Å². The molecule has 3 aromatic rings. The van der Waals surface area contributed by atoms with Crippen LogP contribution in [0.4, 0.5) is 0 Å². The number of nitrogens with one attached hydrogen (secondary N) is 1. The number of rotatable bonds is 5. The maximum Gasteiger partial charge on any atom is 0.254 e. The summed E-state index contributed by atoms with van der Waals surface area (Å²) in [5, 5.41) is 6.91. The lowest BCUT2D eigenvalue weighted by Gasteiger charge is -2.17. The lowest BCUT2D eigenvalue weighted by Crippen LogP contribution is -2.40. The van der Waals surface area contributed by atoms with Crippen molar-refractivity contribution in [2.24, 2.45) is 5.92 Å². The maximum atomic E-state index is 12.6. The first-order valence-corrected chi connectivity index (χ1v) is 8.72. The number of carbonyl (C=O) groups excluding carboxylic acids is 1. The van der Waals surface area contributed by atoms with Crippen LogP contribution in [0.3, 0.4) is 0 Å². The monoisotopic (exact) mass is 365 g/mol. The minimum absolute atomic E-state index is 0.0964. The molecule has 4 heterocycles. The smallest absolute Gasteiger partial charge is 0.254 e. The van der Waals surface area contributed by atoms with Gasteiger partial charge in [-0.1, -0.05) is 5.16 Å². The average molecular weight is 365 g/mol. The predicted octanol–water partition coefficient (Wildman–Crippen LogP) is 1.82. The molecular weight excluding hydrogens is 346 g/mol. The molecule has 138 valence electrons. The molecule has 2 atom stereocenters. The van der Waals surface area contributed by atoms with E-state index in [9.17, 15) is 4.79 Å². The van der Waals surface area contributed by atoms with Crippen LogP contribution < -0.4 is 5.32 Å². The lowest BCUT2D eigenvalue weighted by molar-refractivity contribution is 0.0924. The van der Waals surface area contributed by atoms with E-state index in [4.69, 9.17) is 9.26 Å². The summed E-state index contributed by atoms with van der Waals surface area (Å²) in [7, 11) is 0. The number of aryl methyl sites for hydroxylation is 1. The summed E-state index contributed by atoms with van der Waals surface area (Å²) in [4.78, 5) is 25.1. The molecule has 1 fully saturated rings. The number of ether oxygens (including phenoxy) is 1. The van der Waals surface area contributed by atoms with Crippen LogP contribution in [0.2, 0.25) is 0 Å². The fourth-order valence-electron chi connectivity index (χ4n) is 3.07. The quantitative estimate of drug-likeness (QED) is 0.735. The van der Waals surface area contributed by atoms with Gasteiger partial charge < -0.3 is 14.6 Å². The third-order valence-corrected chi connectivity index (χ3v) is 4.49. The fraction of sp³-hybridized carbons (Fsp3) is 0.316. The van der Waals surface area contributed by atoms with E-state index in [-0.39, 0.29) is 17.9 Å². The molecule has 0 bridgehead atoms. The summed E-state index contributed by atoms with van der Waals surface area (Å²) in [6, 6.07) is 5.49. The van der Waals surface area contributed by atoms with Crippen LogP contribution in [0.25, 0.3) is 11.4 Å². The number of hydrogen-bond acceptors (Lipinski definition) is 7. The Hall–Kier alpha value is -3.13. The van der Waals surface area contributed by atoms with Crippen molar-refractivity contribution in [3.05, 3.63) is 60.0 Å². The zero-order valence-corrected chi connectivity index (χ0v) is 14.8. The van der Waals surface area contributed by atoms with Gasteiger partial charge in [0.15, 0.2) is 5.82 Å². The largest absolute Gasteiger partial charge is 0.379 e. The highest BCUT2D eigenvalue weighted by atomic mass is 16.5. The second-order valence-electron chi connectivity index (χ2n) is 6.55. The van der Waals surface area contributed by atoms with E-state index in [1.165, 1.54) is 12.4 Å². The van der Waals surface area contributed by atoms with Crippen LogP contribution >= 0.6 is 0 Å². The molecule has 0 aliphatic carbocycles. The summed E-state index contributed by atoms with van der Waals surface area (Å²) >= 11 is 0. The standard InChI is InChI=1S/C19H19N5O3/c1-12-5-16(27-24-12)6-14-10-26-11-17(14)23-19(25)15-8-21-18(22-9-15)13-3-2-4-20-7-13/h2-5,7-9,14,17H,6,10-11H2,1H3,(H,23,25)/t14-,17+/m1/s1. The number of aromatic nitrogens is 4. The number of nitrogens with zero attached hydrogens (tertiary/aromatic N) is 4. The fourth-order valence-corrected chi connectivity index (χ4v) is 3.07. The highest BCUT2D eigenvalue weighted by molar-refractivity contribution is 5.94. The molecule has 0 saturated carbocycles.